The van der Waals surface area contributed by atoms with E-state index in [1.807, 2.05) is 30.3 Å². The SMILES string of the molecule is COc1ccc(C(Cl)c2cc(Cl)c(Br)s2)cc1. The summed E-state index contributed by atoms with van der Waals surface area (Å²) in [6.45, 7) is 0. The molecule has 0 saturated carbocycles. The van der Waals surface area contributed by atoms with Gasteiger partial charge in [-0.15, -0.1) is 22.9 Å². The summed E-state index contributed by atoms with van der Waals surface area (Å²) in [5.41, 5.74) is 1.03. The van der Waals surface area contributed by atoms with Crippen molar-refractivity contribution >= 4 is 50.5 Å². The van der Waals surface area contributed by atoms with Crippen molar-refractivity contribution in [3.05, 3.63) is 49.6 Å². The molecule has 1 atom stereocenters. The minimum Gasteiger partial charge on any atom is -0.497 e. The summed E-state index contributed by atoms with van der Waals surface area (Å²) in [7, 11) is 1.64. The number of methoxy groups -OCH3 is 1. The Morgan fingerprint density at radius 2 is 1.94 bits per heavy atom. The quantitative estimate of drug-likeness (QED) is 0.663. The summed E-state index contributed by atoms with van der Waals surface area (Å²) in [6.07, 6.45) is 0. The fraction of sp³-hybridized carbons (Fsp3) is 0.167. The highest BCUT2D eigenvalue weighted by atomic mass is 79.9. The third-order valence-electron chi connectivity index (χ3n) is 2.32. The number of benzene rings is 1. The van der Waals surface area contributed by atoms with E-state index in [-0.39, 0.29) is 5.38 Å². The number of ether oxygens (including phenoxy) is 1. The zero-order valence-electron chi connectivity index (χ0n) is 8.91. The molecule has 1 aromatic heterocycles. The fourth-order valence-electron chi connectivity index (χ4n) is 1.43. The first kappa shape index (κ1) is 13.2. The van der Waals surface area contributed by atoms with Crippen LogP contribution in [0.15, 0.2) is 34.1 Å². The van der Waals surface area contributed by atoms with Crippen LogP contribution in [0, 0.1) is 0 Å². The molecule has 0 bridgehead atoms. The number of hydrogen-bond donors (Lipinski definition) is 0. The van der Waals surface area contributed by atoms with Gasteiger partial charge >= 0.3 is 0 Å². The average molecular weight is 352 g/mol. The molecule has 1 unspecified atom stereocenters. The van der Waals surface area contributed by atoms with Gasteiger partial charge in [0.25, 0.3) is 0 Å². The predicted molar refractivity (Wildman–Crippen MR) is 77.7 cm³/mol. The zero-order chi connectivity index (χ0) is 12.4. The van der Waals surface area contributed by atoms with Crippen molar-refractivity contribution in [2.45, 2.75) is 5.38 Å². The maximum atomic E-state index is 6.40. The Morgan fingerprint density at radius 3 is 2.41 bits per heavy atom. The molecule has 0 spiro atoms. The molecule has 0 radical (unpaired) electrons. The van der Waals surface area contributed by atoms with Gasteiger partial charge in [-0.2, -0.15) is 0 Å². The second-order valence-electron chi connectivity index (χ2n) is 3.41. The van der Waals surface area contributed by atoms with Crippen molar-refractivity contribution in [1.82, 2.24) is 0 Å². The molecule has 0 N–H and O–H groups in total. The number of thiophene rings is 1. The van der Waals surface area contributed by atoms with Crippen molar-refractivity contribution in [3.63, 3.8) is 0 Å². The van der Waals surface area contributed by atoms with E-state index in [2.05, 4.69) is 15.9 Å². The van der Waals surface area contributed by atoms with E-state index in [0.29, 0.717) is 5.02 Å². The molecule has 17 heavy (non-hydrogen) atoms. The molecule has 0 aliphatic rings. The van der Waals surface area contributed by atoms with E-state index in [1.165, 1.54) is 0 Å². The highest BCUT2D eigenvalue weighted by molar-refractivity contribution is 9.11. The standard InChI is InChI=1S/C12H9BrCl2OS/c1-16-8-4-2-7(3-5-8)11(15)10-6-9(14)12(13)17-10/h2-6,11H,1H3. The lowest BCUT2D eigenvalue weighted by Crippen LogP contribution is -1.90. The highest BCUT2D eigenvalue weighted by Gasteiger charge is 2.15. The van der Waals surface area contributed by atoms with E-state index in [4.69, 9.17) is 27.9 Å². The van der Waals surface area contributed by atoms with Crippen LogP contribution in [0.4, 0.5) is 0 Å². The predicted octanol–water partition coefficient (Wildman–Crippen LogP) is 5.50. The molecule has 0 fully saturated rings. The summed E-state index contributed by atoms with van der Waals surface area (Å²) in [6, 6.07) is 9.60. The monoisotopic (exact) mass is 350 g/mol. The van der Waals surface area contributed by atoms with Crippen molar-refractivity contribution in [2.24, 2.45) is 0 Å². The Kier molecular flexibility index (Phi) is 4.36. The maximum absolute atomic E-state index is 6.40. The Bertz CT molecular complexity index is 490. The Labute approximate surface area is 122 Å². The van der Waals surface area contributed by atoms with Crippen LogP contribution in [0.2, 0.25) is 5.02 Å². The number of hydrogen-bond acceptors (Lipinski definition) is 2. The molecule has 0 amide bonds. The molecule has 0 aliphatic heterocycles. The largest absolute Gasteiger partial charge is 0.497 e. The van der Waals surface area contributed by atoms with Gasteiger partial charge in [-0.3, -0.25) is 0 Å². The number of alkyl halides is 1. The van der Waals surface area contributed by atoms with Crippen LogP contribution in [-0.2, 0) is 0 Å². The molecule has 5 heteroatoms. The van der Waals surface area contributed by atoms with Gasteiger partial charge in [-0.1, -0.05) is 23.7 Å². The van der Waals surface area contributed by atoms with Crippen molar-refractivity contribution in [3.8, 4) is 5.75 Å². The lowest BCUT2D eigenvalue weighted by molar-refractivity contribution is 0.414. The van der Waals surface area contributed by atoms with E-state index in [0.717, 1.165) is 20.0 Å². The molecular formula is C12H9BrCl2OS. The van der Waals surface area contributed by atoms with Gasteiger partial charge in [0.05, 0.1) is 21.3 Å². The summed E-state index contributed by atoms with van der Waals surface area (Å²) in [4.78, 5) is 1.02. The van der Waals surface area contributed by atoms with E-state index < -0.39 is 0 Å². The summed E-state index contributed by atoms with van der Waals surface area (Å²) in [5.74, 6) is 0.822. The summed E-state index contributed by atoms with van der Waals surface area (Å²) in [5, 5.41) is 0.513. The second-order valence-corrected chi connectivity index (χ2v) is 6.65. The van der Waals surface area contributed by atoms with Crippen LogP contribution in [-0.4, -0.2) is 7.11 Å². The first-order chi connectivity index (χ1) is 8.11. The van der Waals surface area contributed by atoms with Crippen LogP contribution in [0.1, 0.15) is 15.8 Å². The number of rotatable bonds is 3. The Hall–Kier alpha value is -0.220. The van der Waals surface area contributed by atoms with Gasteiger partial charge in [-0.05, 0) is 39.7 Å². The van der Waals surface area contributed by atoms with Crippen LogP contribution in [0.5, 0.6) is 5.75 Å². The fourth-order valence-corrected chi connectivity index (χ4v) is 3.52. The molecule has 2 rings (SSSR count). The van der Waals surface area contributed by atoms with Crippen molar-refractivity contribution in [1.29, 1.82) is 0 Å². The zero-order valence-corrected chi connectivity index (χ0v) is 12.8. The van der Waals surface area contributed by atoms with Crippen molar-refractivity contribution < 1.29 is 4.74 Å². The van der Waals surface area contributed by atoms with Crippen LogP contribution < -0.4 is 4.74 Å². The maximum Gasteiger partial charge on any atom is 0.118 e. The van der Waals surface area contributed by atoms with E-state index in [9.17, 15) is 0 Å². The molecule has 0 saturated heterocycles. The lowest BCUT2D eigenvalue weighted by Gasteiger charge is -2.08. The van der Waals surface area contributed by atoms with Crippen LogP contribution in [0.3, 0.4) is 0 Å². The smallest absolute Gasteiger partial charge is 0.118 e. The first-order valence-electron chi connectivity index (χ1n) is 4.84. The average Bonchev–Trinajstić information content (AvgIpc) is 2.69. The molecule has 0 aliphatic carbocycles. The van der Waals surface area contributed by atoms with Crippen LogP contribution >= 0.6 is 50.5 Å². The minimum atomic E-state index is -0.185. The third-order valence-corrected chi connectivity index (χ3v) is 5.48. The second kappa shape index (κ2) is 5.61. The molecule has 1 aromatic carbocycles. The lowest BCUT2D eigenvalue weighted by atomic mass is 10.1. The van der Waals surface area contributed by atoms with E-state index >= 15 is 0 Å². The van der Waals surface area contributed by atoms with Gasteiger partial charge < -0.3 is 4.74 Å². The van der Waals surface area contributed by atoms with Gasteiger partial charge in [0.15, 0.2) is 0 Å². The Morgan fingerprint density at radius 1 is 1.29 bits per heavy atom. The first-order valence-corrected chi connectivity index (χ1v) is 7.27. The number of halogens is 3. The molecule has 90 valence electrons. The highest BCUT2D eigenvalue weighted by Crippen LogP contribution is 2.40. The van der Waals surface area contributed by atoms with Crippen LogP contribution in [0.25, 0.3) is 0 Å². The summed E-state index contributed by atoms with van der Waals surface area (Å²) < 4.78 is 6.02. The normalized spacial score (nSPS) is 12.5. The third kappa shape index (κ3) is 2.97. The van der Waals surface area contributed by atoms with Gasteiger partial charge in [0.2, 0.25) is 0 Å². The molecule has 1 heterocycles. The topological polar surface area (TPSA) is 9.23 Å². The molecule has 1 nitrogen and oxygen atoms in total. The van der Waals surface area contributed by atoms with Crippen molar-refractivity contribution in [2.75, 3.05) is 7.11 Å². The Balaban J connectivity index is 2.26. The van der Waals surface area contributed by atoms with Gasteiger partial charge in [0.1, 0.15) is 5.75 Å². The van der Waals surface area contributed by atoms with Gasteiger partial charge in [-0.25, -0.2) is 0 Å². The molecule has 2 aromatic rings. The molecular weight excluding hydrogens is 343 g/mol. The van der Waals surface area contributed by atoms with E-state index in [1.54, 1.807) is 18.4 Å². The summed E-state index contributed by atoms with van der Waals surface area (Å²) >= 11 is 17.3. The minimum absolute atomic E-state index is 0.185. The van der Waals surface area contributed by atoms with Gasteiger partial charge in [0, 0.05) is 4.88 Å².